The van der Waals surface area contributed by atoms with Crippen molar-refractivity contribution in [3.63, 3.8) is 0 Å². The van der Waals surface area contributed by atoms with Crippen molar-refractivity contribution >= 4 is 17.2 Å². The SMILES string of the molecule is CNC(=O)c1ccc(NC2CN(Cc3cc4[nH]c(=O)c(C)cn4n3)C2)c(C)n1. The highest BCUT2D eigenvalue weighted by Crippen LogP contribution is 2.20. The Hall–Kier alpha value is -3.20. The summed E-state index contributed by atoms with van der Waals surface area (Å²) in [5.74, 6) is -0.187. The van der Waals surface area contributed by atoms with Gasteiger partial charge in [-0.25, -0.2) is 9.50 Å². The number of carbonyl (C=O) groups is 1. The Morgan fingerprint density at radius 2 is 2.11 bits per heavy atom. The van der Waals surface area contributed by atoms with Crippen LogP contribution >= 0.6 is 0 Å². The van der Waals surface area contributed by atoms with E-state index >= 15 is 0 Å². The highest BCUT2D eigenvalue weighted by atomic mass is 16.1. The van der Waals surface area contributed by atoms with Crippen molar-refractivity contribution in [2.24, 2.45) is 0 Å². The summed E-state index contributed by atoms with van der Waals surface area (Å²) in [7, 11) is 1.59. The molecule has 1 aliphatic heterocycles. The number of hydrogen-bond donors (Lipinski definition) is 3. The second-order valence-corrected chi connectivity index (χ2v) is 7.18. The zero-order valence-electron chi connectivity index (χ0n) is 16.1. The molecular weight excluding hydrogens is 358 g/mol. The van der Waals surface area contributed by atoms with Crippen LogP contribution in [-0.2, 0) is 6.54 Å². The predicted octanol–water partition coefficient (Wildman–Crippen LogP) is 0.690. The minimum atomic E-state index is -0.187. The lowest BCUT2D eigenvalue weighted by molar-refractivity contribution is 0.0958. The molecule has 1 amide bonds. The monoisotopic (exact) mass is 381 g/mol. The number of pyridine rings is 1. The molecule has 1 saturated heterocycles. The first kappa shape index (κ1) is 18.2. The van der Waals surface area contributed by atoms with E-state index in [0.717, 1.165) is 36.7 Å². The number of aromatic nitrogens is 4. The number of aryl methyl sites for hydroxylation is 2. The molecule has 0 radical (unpaired) electrons. The van der Waals surface area contributed by atoms with Crippen LogP contribution in [-0.4, -0.2) is 56.6 Å². The van der Waals surface area contributed by atoms with Crippen LogP contribution in [0.25, 0.3) is 5.65 Å². The smallest absolute Gasteiger partial charge is 0.269 e. The number of aromatic amines is 1. The molecule has 28 heavy (non-hydrogen) atoms. The molecule has 146 valence electrons. The van der Waals surface area contributed by atoms with Crippen LogP contribution in [0, 0.1) is 13.8 Å². The molecular formula is C19H23N7O2. The fourth-order valence-corrected chi connectivity index (χ4v) is 3.38. The van der Waals surface area contributed by atoms with Gasteiger partial charge in [-0.3, -0.25) is 14.5 Å². The molecule has 0 saturated carbocycles. The first-order chi connectivity index (χ1) is 13.4. The van der Waals surface area contributed by atoms with Crippen molar-refractivity contribution in [3.8, 4) is 0 Å². The number of H-pyrrole nitrogens is 1. The molecule has 0 aliphatic carbocycles. The van der Waals surface area contributed by atoms with Crippen LogP contribution in [0.4, 0.5) is 5.69 Å². The molecule has 0 unspecified atom stereocenters. The van der Waals surface area contributed by atoms with E-state index in [1.165, 1.54) is 0 Å². The minimum Gasteiger partial charge on any atom is -0.378 e. The van der Waals surface area contributed by atoms with E-state index in [9.17, 15) is 9.59 Å². The average molecular weight is 381 g/mol. The van der Waals surface area contributed by atoms with Crippen LogP contribution in [0.15, 0.2) is 29.2 Å². The molecule has 0 spiro atoms. The number of hydrogen-bond acceptors (Lipinski definition) is 6. The summed E-state index contributed by atoms with van der Waals surface area (Å²) < 4.78 is 1.71. The first-order valence-electron chi connectivity index (χ1n) is 9.19. The summed E-state index contributed by atoms with van der Waals surface area (Å²) in [6.45, 7) is 6.17. The van der Waals surface area contributed by atoms with Gasteiger partial charge in [0, 0.05) is 44.5 Å². The van der Waals surface area contributed by atoms with Crippen LogP contribution < -0.4 is 16.2 Å². The first-order valence-corrected chi connectivity index (χ1v) is 9.19. The van der Waals surface area contributed by atoms with E-state index in [0.29, 0.717) is 22.9 Å². The third kappa shape index (κ3) is 3.48. The molecule has 3 aromatic rings. The second kappa shape index (κ2) is 7.08. The quantitative estimate of drug-likeness (QED) is 0.600. The third-order valence-corrected chi connectivity index (χ3v) is 4.95. The van der Waals surface area contributed by atoms with Gasteiger partial charge in [0.05, 0.1) is 23.1 Å². The summed E-state index contributed by atoms with van der Waals surface area (Å²) in [6, 6.07) is 5.86. The lowest BCUT2D eigenvalue weighted by Gasteiger charge is -2.39. The van der Waals surface area contributed by atoms with Gasteiger partial charge >= 0.3 is 0 Å². The van der Waals surface area contributed by atoms with E-state index in [2.05, 4.69) is 30.6 Å². The van der Waals surface area contributed by atoms with Gasteiger partial charge in [-0.05, 0) is 26.0 Å². The predicted molar refractivity (Wildman–Crippen MR) is 106 cm³/mol. The number of carbonyl (C=O) groups excluding carboxylic acids is 1. The van der Waals surface area contributed by atoms with E-state index in [-0.39, 0.29) is 11.5 Å². The van der Waals surface area contributed by atoms with Crippen molar-refractivity contribution in [2.45, 2.75) is 26.4 Å². The van der Waals surface area contributed by atoms with Gasteiger partial charge in [-0.1, -0.05) is 0 Å². The van der Waals surface area contributed by atoms with Gasteiger partial charge < -0.3 is 15.6 Å². The van der Waals surface area contributed by atoms with Crippen molar-refractivity contribution in [3.05, 3.63) is 57.4 Å². The Bertz CT molecular complexity index is 1100. The van der Waals surface area contributed by atoms with E-state index in [1.54, 1.807) is 30.8 Å². The number of likely N-dealkylation sites (tertiary alicyclic amines) is 1. The summed E-state index contributed by atoms with van der Waals surface area (Å²) in [4.78, 5) is 32.8. The summed E-state index contributed by atoms with van der Waals surface area (Å²) >= 11 is 0. The molecule has 1 aliphatic rings. The van der Waals surface area contributed by atoms with E-state index in [1.807, 2.05) is 19.1 Å². The maximum Gasteiger partial charge on any atom is 0.269 e. The van der Waals surface area contributed by atoms with E-state index < -0.39 is 0 Å². The maximum atomic E-state index is 11.7. The summed E-state index contributed by atoms with van der Waals surface area (Å²) in [6.07, 6.45) is 1.75. The molecule has 3 aromatic heterocycles. The molecule has 0 atom stereocenters. The Morgan fingerprint density at radius 1 is 1.32 bits per heavy atom. The number of amides is 1. The maximum absolute atomic E-state index is 11.7. The van der Waals surface area contributed by atoms with Crippen molar-refractivity contribution < 1.29 is 4.79 Å². The van der Waals surface area contributed by atoms with Crippen molar-refractivity contribution in [2.75, 3.05) is 25.5 Å². The van der Waals surface area contributed by atoms with Gasteiger partial charge in [0.15, 0.2) is 0 Å². The van der Waals surface area contributed by atoms with Crippen molar-refractivity contribution in [1.82, 2.24) is 29.8 Å². The second-order valence-electron chi connectivity index (χ2n) is 7.18. The molecule has 4 heterocycles. The normalized spacial score (nSPS) is 14.8. The van der Waals surface area contributed by atoms with Gasteiger partial charge in [-0.2, -0.15) is 5.10 Å². The van der Waals surface area contributed by atoms with Crippen molar-refractivity contribution in [1.29, 1.82) is 0 Å². The van der Waals surface area contributed by atoms with E-state index in [4.69, 9.17) is 0 Å². The number of rotatable bonds is 5. The van der Waals surface area contributed by atoms with Gasteiger partial charge in [-0.15, -0.1) is 0 Å². The van der Waals surface area contributed by atoms with Crippen LogP contribution in [0.1, 0.15) is 27.4 Å². The van der Waals surface area contributed by atoms with Gasteiger partial charge in [0.2, 0.25) is 0 Å². The highest BCUT2D eigenvalue weighted by molar-refractivity contribution is 5.92. The molecule has 4 rings (SSSR count). The van der Waals surface area contributed by atoms with Gasteiger partial charge in [0.25, 0.3) is 11.5 Å². The van der Waals surface area contributed by atoms with Crippen LogP contribution in [0.2, 0.25) is 0 Å². The fraction of sp³-hybridized carbons (Fsp3) is 0.368. The Balaban J connectivity index is 1.35. The lowest BCUT2D eigenvalue weighted by Crippen LogP contribution is -2.54. The third-order valence-electron chi connectivity index (χ3n) is 4.95. The Kier molecular flexibility index (Phi) is 4.60. The molecule has 9 heteroatoms. The molecule has 9 nitrogen and oxygen atoms in total. The fourth-order valence-electron chi connectivity index (χ4n) is 3.38. The number of anilines is 1. The molecule has 3 N–H and O–H groups in total. The van der Waals surface area contributed by atoms with Crippen LogP contribution in [0.3, 0.4) is 0 Å². The largest absolute Gasteiger partial charge is 0.378 e. The topological polar surface area (TPSA) is 107 Å². The molecule has 1 fully saturated rings. The summed E-state index contributed by atoms with van der Waals surface area (Å²) in [5.41, 5.74) is 4.35. The summed E-state index contributed by atoms with van der Waals surface area (Å²) in [5, 5.41) is 10.6. The highest BCUT2D eigenvalue weighted by Gasteiger charge is 2.27. The molecule has 0 aromatic carbocycles. The average Bonchev–Trinajstić information content (AvgIpc) is 3.02. The number of fused-ring (bicyclic) bond motifs is 1. The number of nitrogens with one attached hydrogen (secondary N) is 3. The standard InChI is InChI=1S/C19H23N7O2/c1-11-7-26-17(23-18(11)27)6-13(24-26)8-25-9-14(10-25)22-15-4-5-16(19(28)20-3)21-12(15)2/h4-7,14,22H,8-10H2,1-3H3,(H,20,28)(H,23,27). The Morgan fingerprint density at radius 3 is 2.82 bits per heavy atom. The molecule has 0 bridgehead atoms. The Labute approximate surface area is 161 Å². The minimum absolute atomic E-state index is 0.0846. The lowest BCUT2D eigenvalue weighted by atomic mass is 10.1. The zero-order valence-corrected chi connectivity index (χ0v) is 16.1. The van der Waals surface area contributed by atoms with Gasteiger partial charge in [0.1, 0.15) is 11.3 Å². The number of nitrogens with zero attached hydrogens (tertiary/aromatic N) is 4. The zero-order chi connectivity index (χ0) is 19.8. The van der Waals surface area contributed by atoms with Crippen LogP contribution in [0.5, 0.6) is 0 Å².